The molecule has 2 rings (SSSR count). The molecule has 0 atom stereocenters. The summed E-state index contributed by atoms with van der Waals surface area (Å²) < 4.78 is 25.4. The van der Waals surface area contributed by atoms with Gasteiger partial charge >= 0.3 is 0 Å². The van der Waals surface area contributed by atoms with Gasteiger partial charge in [0.1, 0.15) is 5.82 Å². The van der Waals surface area contributed by atoms with Crippen molar-refractivity contribution in [2.24, 2.45) is 0 Å². The van der Waals surface area contributed by atoms with Crippen molar-refractivity contribution in [3.8, 4) is 0 Å². The van der Waals surface area contributed by atoms with E-state index < -0.39 is 10.0 Å². The Labute approximate surface area is 126 Å². The third-order valence-corrected chi connectivity index (χ3v) is 4.86. The van der Waals surface area contributed by atoms with Gasteiger partial charge in [-0.3, -0.25) is 4.72 Å². The van der Waals surface area contributed by atoms with Crippen molar-refractivity contribution in [1.29, 1.82) is 0 Å². The molecular weight excluding hydrogens is 286 g/mol. The molecule has 1 aromatic rings. The highest BCUT2D eigenvalue weighted by Crippen LogP contribution is 2.20. The third kappa shape index (κ3) is 5.38. The SMILES string of the molecule is CCS(=O)(=O)Nc1ccc(NCCC2=CCCCC2)nc1. The molecule has 0 spiro atoms. The molecule has 0 aliphatic heterocycles. The molecule has 21 heavy (non-hydrogen) atoms. The van der Waals surface area contributed by atoms with E-state index in [1.165, 1.54) is 37.5 Å². The van der Waals surface area contributed by atoms with Gasteiger partial charge < -0.3 is 5.32 Å². The fourth-order valence-corrected chi connectivity index (χ4v) is 2.92. The second-order valence-electron chi connectivity index (χ2n) is 5.22. The summed E-state index contributed by atoms with van der Waals surface area (Å²) in [5.41, 5.74) is 2.03. The maximum Gasteiger partial charge on any atom is 0.232 e. The lowest BCUT2D eigenvalue weighted by atomic mass is 9.97. The lowest BCUT2D eigenvalue weighted by Gasteiger charge is -2.13. The highest BCUT2D eigenvalue weighted by Gasteiger charge is 2.07. The van der Waals surface area contributed by atoms with Crippen molar-refractivity contribution in [2.45, 2.75) is 39.0 Å². The molecule has 5 nitrogen and oxygen atoms in total. The van der Waals surface area contributed by atoms with Crippen LogP contribution in [-0.4, -0.2) is 25.7 Å². The van der Waals surface area contributed by atoms with Crippen LogP contribution in [0.2, 0.25) is 0 Å². The molecule has 1 heterocycles. The van der Waals surface area contributed by atoms with Gasteiger partial charge in [-0.15, -0.1) is 0 Å². The summed E-state index contributed by atoms with van der Waals surface area (Å²) in [5, 5.41) is 3.27. The minimum absolute atomic E-state index is 0.0577. The highest BCUT2D eigenvalue weighted by molar-refractivity contribution is 7.92. The second kappa shape index (κ2) is 7.45. The Balaban J connectivity index is 1.81. The predicted molar refractivity (Wildman–Crippen MR) is 87.0 cm³/mol. The maximum atomic E-state index is 11.4. The van der Waals surface area contributed by atoms with E-state index in [2.05, 4.69) is 21.1 Å². The number of allylic oxidation sites excluding steroid dienone is 1. The zero-order valence-corrected chi connectivity index (χ0v) is 13.2. The molecule has 0 unspecified atom stereocenters. The van der Waals surface area contributed by atoms with Crippen molar-refractivity contribution >= 4 is 21.5 Å². The molecule has 0 radical (unpaired) electrons. The fourth-order valence-electron chi connectivity index (χ4n) is 2.29. The van der Waals surface area contributed by atoms with Crippen molar-refractivity contribution < 1.29 is 8.42 Å². The molecule has 0 bridgehead atoms. The van der Waals surface area contributed by atoms with Gasteiger partial charge in [-0.2, -0.15) is 0 Å². The molecule has 6 heteroatoms. The molecule has 116 valence electrons. The summed E-state index contributed by atoms with van der Waals surface area (Å²) in [6.45, 7) is 2.46. The molecule has 0 saturated carbocycles. The summed E-state index contributed by atoms with van der Waals surface area (Å²) in [5.74, 6) is 0.827. The van der Waals surface area contributed by atoms with Crippen LogP contribution in [-0.2, 0) is 10.0 Å². The van der Waals surface area contributed by atoms with Gasteiger partial charge in [-0.05, 0) is 51.2 Å². The van der Waals surface area contributed by atoms with Gasteiger partial charge in [-0.25, -0.2) is 13.4 Å². The minimum atomic E-state index is -3.23. The standard InChI is InChI=1S/C15H23N3O2S/c1-2-21(19,20)18-14-8-9-15(17-12-14)16-11-10-13-6-4-3-5-7-13/h6,8-9,12,18H,2-5,7,10-11H2,1H3,(H,16,17). The summed E-state index contributed by atoms with van der Waals surface area (Å²) in [6, 6.07) is 3.52. The van der Waals surface area contributed by atoms with Gasteiger partial charge in [0.25, 0.3) is 0 Å². The van der Waals surface area contributed by atoms with E-state index in [0.29, 0.717) is 5.69 Å². The zero-order valence-electron chi connectivity index (χ0n) is 12.4. The van der Waals surface area contributed by atoms with Crippen molar-refractivity contribution in [3.63, 3.8) is 0 Å². The number of nitrogens with zero attached hydrogens (tertiary/aromatic N) is 1. The van der Waals surface area contributed by atoms with Crippen LogP contribution in [0.4, 0.5) is 11.5 Å². The fraction of sp³-hybridized carbons (Fsp3) is 0.533. The van der Waals surface area contributed by atoms with E-state index in [9.17, 15) is 8.42 Å². The van der Waals surface area contributed by atoms with Crippen LogP contribution in [0.25, 0.3) is 0 Å². The van der Waals surface area contributed by atoms with Crippen molar-refractivity contribution in [1.82, 2.24) is 4.98 Å². The molecular formula is C15H23N3O2S. The molecule has 1 aliphatic carbocycles. The van der Waals surface area contributed by atoms with Crippen LogP contribution in [0.1, 0.15) is 39.0 Å². The van der Waals surface area contributed by atoms with E-state index in [1.807, 2.05) is 0 Å². The molecule has 0 aromatic carbocycles. The molecule has 0 saturated heterocycles. The van der Waals surface area contributed by atoms with Crippen LogP contribution in [0.5, 0.6) is 0 Å². The van der Waals surface area contributed by atoms with E-state index in [1.54, 1.807) is 19.1 Å². The molecule has 0 amide bonds. The summed E-state index contributed by atoms with van der Waals surface area (Å²) >= 11 is 0. The largest absolute Gasteiger partial charge is 0.370 e. The van der Waals surface area contributed by atoms with Crippen molar-refractivity contribution in [3.05, 3.63) is 30.0 Å². The minimum Gasteiger partial charge on any atom is -0.370 e. The zero-order chi connectivity index (χ0) is 15.1. The van der Waals surface area contributed by atoms with Crippen LogP contribution < -0.4 is 10.0 Å². The Morgan fingerprint density at radius 2 is 2.14 bits per heavy atom. The van der Waals surface area contributed by atoms with Crippen LogP contribution in [0.3, 0.4) is 0 Å². The molecule has 1 aromatic heterocycles. The number of hydrogen-bond donors (Lipinski definition) is 2. The van der Waals surface area contributed by atoms with Gasteiger partial charge in [0.05, 0.1) is 17.6 Å². The lowest BCUT2D eigenvalue weighted by molar-refractivity contribution is 0.602. The molecule has 2 N–H and O–H groups in total. The number of sulfonamides is 1. The predicted octanol–water partition coefficient (Wildman–Crippen LogP) is 3.15. The lowest BCUT2D eigenvalue weighted by Crippen LogP contribution is -2.14. The van der Waals surface area contributed by atoms with Crippen LogP contribution >= 0.6 is 0 Å². The number of aromatic nitrogens is 1. The average Bonchev–Trinajstić information content (AvgIpc) is 2.50. The van der Waals surface area contributed by atoms with E-state index in [-0.39, 0.29) is 5.75 Å². The Hall–Kier alpha value is -1.56. The van der Waals surface area contributed by atoms with Crippen molar-refractivity contribution in [2.75, 3.05) is 22.3 Å². The summed E-state index contributed by atoms with van der Waals surface area (Å²) in [7, 11) is -3.23. The number of pyridine rings is 1. The first-order valence-electron chi connectivity index (χ1n) is 7.47. The first-order valence-corrected chi connectivity index (χ1v) is 9.12. The Bertz CT molecular complexity index is 579. The number of nitrogens with one attached hydrogen (secondary N) is 2. The number of hydrogen-bond acceptors (Lipinski definition) is 4. The van der Waals surface area contributed by atoms with Gasteiger partial charge in [-0.1, -0.05) is 11.6 Å². The Kier molecular flexibility index (Phi) is 5.61. The summed E-state index contributed by atoms with van der Waals surface area (Å²) in [6.07, 6.45) is 9.97. The average molecular weight is 309 g/mol. The second-order valence-corrected chi connectivity index (χ2v) is 7.23. The Morgan fingerprint density at radius 1 is 1.29 bits per heavy atom. The molecule has 1 aliphatic rings. The van der Waals surface area contributed by atoms with E-state index >= 15 is 0 Å². The summed E-state index contributed by atoms with van der Waals surface area (Å²) in [4.78, 5) is 4.22. The molecule has 0 fully saturated rings. The maximum absolute atomic E-state index is 11.4. The Morgan fingerprint density at radius 3 is 2.76 bits per heavy atom. The smallest absolute Gasteiger partial charge is 0.232 e. The third-order valence-electron chi connectivity index (χ3n) is 3.55. The highest BCUT2D eigenvalue weighted by atomic mass is 32.2. The van der Waals surface area contributed by atoms with Gasteiger partial charge in [0.15, 0.2) is 0 Å². The van der Waals surface area contributed by atoms with Gasteiger partial charge in [0.2, 0.25) is 10.0 Å². The topological polar surface area (TPSA) is 71.1 Å². The number of anilines is 2. The normalized spacial score (nSPS) is 15.4. The van der Waals surface area contributed by atoms with E-state index in [0.717, 1.165) is 18.8 Å². The quantitative estimate of drug-likeness (QED) is 0.759. The van der Waals surface area contributed by atoms with Crippen LogP contribution in [0.15, 0.2) is 30.0 Å². The monoisotopic (exact) mass is 309 g/mol. The first kappa shape index (κ1) is 15.8. The van der Waals surface area contributed by atoms with Gasteiger partial charge in [0, 0.05) is 6.54 Å². The number of rotatable bonds is 7. The van der Waals surface area contributed by atoms with Crippen LogP contribution in [0, 0.1) is 0 Å². The van der Waals surface area contributed by atoms with E-state index in [4.69, 9.17) is 0 Å². The first-order chi connectivity index (χ1) is 10.1.